The van der Waals surface area contributed by atoms with E-state index in [0.29, 0.717) is 17.4 Å². The van der Waals surface area contributed by atoms with Gasteiger partial charge in [-0.15, -0.1) is 0 Å². The fourth-order valence-electron chi connectivity index (χ4n) is 4.72. The molecule has 1 fully saturated rings. The van der Waals surface area contributed by atoms with E-state index in [0.717, 1.165) is 59.3 Å². The highest BCUT2D eigenvalue weighted by Crippen LogP contribution is 2.36. The Balaban J connectivity index is 1.57. The Morgan fingerprint density at radius 3 is 2.44 bits per heavy atom. The van der Waals surface area contributed by atoms with Crippen molar-refractivity contribution in [2.75, 3.05) is 22.9 Å². The van der Waals surface area contributed by atoms with Gasteiger partial charge in [-0.2, -0.15) is 0 Å². The highest BCUT2D eigenvalue weighted by Gasteiger charge is 2.27. The molecule has 1 amide bonds. The Labute approximate surface area is 214 Å². The number of piperidine rings is 1. The molecule has 1 aliphatic rings. The van der Waals surface area contributed by atoms with Crippen LogP contribution < -0.4 is 9.80 Å². The van der Waals surface area contributed by atoms with Gasteiger partial charge in [0.1, 0.15) is 5.69 Å². The van der Waals surface area contributed by atoms with Crippen LogP contribution in [0.1, 0.15) is 46.3 Å². The van der Waals surface area contributed by atoms with Gasteiger partial charge in [0, 0.05) is 24.7 Å². The quantitative estimate of drug-likeness (QED) is 0.218. The summed E-state index contributed by atoms with van der Waals surface area (Å²) < 4.78 is 1.04. The second-order valence-corrected chi connectivity index (χ2v) is 10.2. The van der Waals surface area contributed by atoms with Gasteiger partial charge in [0.25, 0.3) is 11.6 Å². The Morgan fingerprint density at radius 1 is 1.03 bits per heavy atom. The minimum absolute atomic E-state index is 0.0293. The van der Waals surface area contributed by atoms with Crippen LogP contribution in [-0.2, 0) is 6.54 Å². The molecule has 2 heterocycles. The lowest BCUT2D eigenvalue weighted by molar-refractivity contribution is -0.384. The summed E-state index contributed by atoms with van der Waals surface area (Å²) in [7, 11) is 0. The number of thiazole rings is 1. The summed E-state index contributed by atoms with van der Waals surface area (Å²) in [5, 5.41) is 12.6. The van der Waals surface area contributed by atoms with Crippen LogP contribution in [0.4, 0.5) is 16.5 Å². The Morgan fingerprint density at radius 2 is 1.75 bits per heavy atom. The van der Waals surface area contributed by atoms with Crippen molar-refractivity contribution >= 4 is 44.0 Å². The van der Waals surface area contributed by atoms with E-state index in [2.05, 4.69) is 11.0 Å². The second kappa shape index (κ2) is 10.1. The van der Waals surface area contributed by atoms with Gasteiger partial charge in [0.2, 0.25) is 0 Å². The molecule has 1 aliphatic heterocycles. The highest BCUT2D eigenvalue weighted by atomic mass is 32.1. The number of carbonyl (C=O) groups is 1. The maximum Gasteiger partial charge on any atom is 0.293 e. The van der Waals surface area contributed by atoms with Gasteiger partial charge in [-0.25, -0.2) is 4.98 Å². The van der Waals surface area contributed by atoms with Crippen molar-refractivity contribution in [3.63, 3.8) is 0 Å². The van der Waals surface area contributed by atoms with Gasteiger partial charge in [-0.05, 0) is 61.9 Å². The van der Waals surface area contributed by atoms with Crippen LogP contribution in [0.15, 0.2) is 60.7 Å². The number of amides is 1. The Bertz CT molecular complexity index is 1390. The number of nitro benzene ring substituents is 1. The molecule has 1 saturated heterocycles. The molecular weight excluding hydrogens is 472 g/mol. The molecule has 8 heteroatoms. The van der Waals surface area contributed by atoms with E-state index < -0.39 is 0 Å². The van der Waals surface area contributed by atoms with Crippen molar-refractivity contribution in [3.8, 4) is 0 Å². The highest BCUT2D eigenvalue weighted by molar-refractivity contribution is 7.22. The number of fused-ring (bicyclic) bond motifs is 1. The lowest BCUT2D eigenvalue weighted by Gasteiger charge is -2.28. The predicted molar refractivity (Wildman–Crippen MR) is 145 cm³/mol. The van der Waals surface area contributed by atoms with Crippen LogP contribution in [0.5, 0.6) is 0 Å². The summed E-state index contributed by atoms with van der Waals surface area (Å²) in [5.41, 5.74) is 4.83. The summed E-state index contributed by atoms with van der Waals surface area (Å²) in [6.07, 6.45) is 3.16. The Hall–Kier alpha value is -3.78. The van der Waals surface area contributed by atoms with Crippen molar-refractivity contribution in [1.82, 2.24) is 4.98 Å². The summed E-state index contributed by atoms with van der Waals surface area (Å²) in [5.74, 6) is -0.304. The third-order valence-electron chi connectivity index (χ3n) is 6.71. The molecule has 0 unspecified atom stereocenters. The summed E-state index contributed by atoms with van der Waals surface area (Å²) in [4.78, 5) is 34.1. The zero-order valence-corrected chi connectivity index (χ0v) is 21.3. The number of benzene rings is 3. The monoisotopic (exact) mass is 500 g/mol. The number of hydrogen-bond acceptors (Lipinski definition) is 6. The van der Waals surface area contributed by atoms with Crippen molar-refractivity contribution < 1.29 is 9.72 Å². The molecule has 3 aromatic carbocycles. The first-order chi connectivity index (χ1) is 17.4. The number of rotatable bonds is 6. The van der Waals surface area contributed by atoms with Gasteiger partial charge >= 0.3 is 0 Å². The third kappa shape index (κ3) is 4.68. The first-order valence-electron chi connectivity index (χ1n) is 12.2. The number of hydrogen-bond donors (Lipinski definition) is 0. The number of aryl methyl sites for hydroxylation is 2. The molecule has 0 spiro atoms. The summed E-state index contributed by atoms with van der Waals surface area (Å²) in [6.45, 7) is 5.95. The van der Waals surface area contributed by atoms with E-state index in [1.165, 1.54) is 17.4 Å². The molecule has 7 nitrogen and oxygen atoms in total. The molecule has 36 heavy (non-hydrogen) atoms. The van der Waals surface area contributed by atoms with Crippen molar-refractivity contribution in [2.45, 2.75) is 39.7 Å². The standard InChI is InChI=1S/C28H28N4O3S/c1-19-11-12-20(2)26-25(19)29-28(36-26)31(18-21-9-5-3-6-10-21)27(33)22-13-14-23(24(17-22)32(34)35)30-15-7-4-8-16-30/h3,5-6,9-14,17H,4,7-8,15-16,18H2,1-2H3. The van der Waals surface area contributed by atoms with Gasteiger partial charge in [0.15, 0.2) is 5.13 Å². The molecule has 5 rings (SSSR count). The number of nitrogens with zero attached hydrogens (tertiary/aromatic N) is 4. The smallest absolute Gasteiger partial charge is 0.293 e. The maximum atomic E-state index is 13.9. The number of nitro groups is 1. The van der Waals surface area contributed by atoms with Crippen LogP contribution in [0.3, 0.4) is 0 Å². The average Bonchev–Trinajstić information content (AvgIpc) is 3.36. The normalized spacial score (nSPS) is 13.7. The molecule has 184 valence electrons. The number of carbonyl (C=O) groups excluding carboxylic acids is 1. The van der Waals surface area contributed by atoms with Gasteiger partial charge in [0.05, 0.1) is 21.7 Å². The molecule has 0 atom stereocenters. The van der Waals surface area contributed by atoms with E-state index in [1.54, 1.807) is 17.0 Å². The molecule has 4 aromatic rings. The minimum Gasteiger partial charge on any atom is -0.366 e. The van der Waals surface area contributed by atoms with E-state index in [1.807, 2.05) is 50.2 Å². The first kappa shape index (κ1) is 23.9. The molecule has 0 N–H and O–H groups in total. The Kier molecular flexibility index (Phi) is 6.69. The third-order valence-corrected chi connectivity index (χ3v) is 7.92. The van der Waals surface area contributed by atoms with Gasteiger partial charge in [-0.3, -0.25) is 19.8 Å². The largest absolute Gasteiger partial charge is 0.366 e. The predicted octanol–water partition coefficient (Wildman–Crippen LogP) is 6.66. The van der Waals surface area contributed by atoms with Crippen LogP contribution in [0.2, 0.25) is 0 Å². The zero-order valence-electron chi connectivity index (χ0n) is 20.4. The molecule has 0 saturated carbocycles. The SMILES string of the molecule is Cc1ccc(C)c2sc(N(Cc3ccccc3)C(=O)c3ccc(N4CCCCC4)c([N+](=O)[O-])c3)nc12. The fraction of sp³-hybridized carbons (Fsp3) is 0.286. The van der Waals surface area contributed by atoms with E-state index >= 15 is 0 Å². The van der Waals surface area contributed by atoms with Gasteiger partial charge in [-0.1, -0.05) is 53.8 Å². The van der Waals surface area contributed by atoms with E-state index in [9.17, 15) is 14.9 Å². The molecule has 0 radical (unpaired) electrons. The summed E-state index contributed by atoms with van der Waals surface area (Å²) in [6, 6.07) is 18.7. The first-order valence-corrected chi connectivity index (χ1v) is 13.0. The fourth-order valence-corrected chi connectivity index (χ4v) is 5.83. The van der Waals surface area contributed by atoms with E-state index in [-0.39, 0.29) is 22.1 Å². The lowest BCUT2D eigenvalue weighted by atomic mass is 10.1. The second-order valence-electron chi connectivity index (χ2n) is 9.26. The van der Waals surface area contributed by atoms with Crippen molar-refractivity contribution in [3.05, 3.63) is 93.0 Å². The van der Waals surface area contributed by atoms with Crippen molar-refractivity contribution in [2.24, 2.45) is 0 Å². The molecule has 0 aliphatic carbocycles. The number of aromatic nitrogens is 1. The van der Waals surface area contributed by atoms with Gasteiger partial charge < -0.3 is 4.90 Å². The van der Waals surface area contributed by atoms with Crippen LogP contribution in [-0.4, -0.2) is 28.9 Å². The van der Waals surface area contributed by atoms with E-state index in [4.69, 9.17) is 4.98 Å². The average molecular weight is 501 g/mol. The minimum atomic E-state index is -0.382. The van der Waals surface area contributed by atoms with Crippen LogP contribution >= 0.6 is 11.3 Å². The van der Waals surface area contributed by atoms with Crippen LogP contribution in [0.25, 0.3) is 10.2 Å². The topological polar surface area (TPSA) is 79.6 Å². The summed E-state index contributed by atoms with van der Waals surface area (Å²) >= 11 is 1.48. The van der Waals surface area contributed by atoms with Crippen molar-refractivity contribution in [1.29, 1.82) is 0 Å². The molecular formula is C28H28N4O3S. The molecule has 0 bridgehead atoms. The maximum absolute atomic E-state index is 13.9. The lowest BCUT2D eigenvalue weighted by Crippen LogP contribution is -2.31. The molecule has 1 aromatic heterocycles. The van der Waals surface area contributed by atoms with Crippen LogP contribution in [0, 0.1) is 24.0 Å². The zero-order chi connectivity index (χ0) is 25.2. The number of anilines is 2.